The zero-order chi connectivity index (χ0) is 32.2. The molecule has 0 saturated heterocycles. The van der Waals surface area contributed by atoms with Crippen molar-refractivity contribution in [2.75, 3.05) is 20.2 Å². The van der Waals surface area contributed by atoms with Gasteiger partial charge in [0.1, 0.15) is 6.61 Å². The number of hydrogen-bond acceptors (Lipinski definition) is 8. The number of nitrogens with zero attached hydrogens (tertiary/aromatic N) is 4. The number of nitro benzene ring substituents is 1. The second kappa shape index (κ2) is 13.5. The Morgan fingerprint density at radius 3 is 2.42 bits per heavy atom. The van der Waals surface area contributed by atoms with Gasteiger partial charge in [-0.2, -0.15) is 0 Å². The molecule has 3 aromatic carbocycles. The Morgan fingerprint density at radius 1 is 1.11 bits per heavy atom. The van der Waals surface area contributed by atoms with E-state index in [2.05, 4.69) is 4.99 Å². The van der Waals surface area contributed by atoms with Gasteiger partial charge < -0.3 is 14.4 Å². The quantitative estimate of drug-likeness (QED) is 0.172. The number of carbonyl (C=O) groups excluding carboxylic acids is 1. The second-order valence-electron chi connectivity index (χ2n) is 10.2. The van der Waals surface area contributed by atoms with Crippen LogP contribution in [0.3, 0.4) is 0 Å². The van der Waals surface area contributed by atoms with Crippen LogP contribution in [0.4, 0.5) is 5.69 Å². The number of aromatic nitrogens is 1. The number of hydrogen-bond donors (Lipinski definition) is 0. The van der Waals surface area contributed by atoms with Gasteiger partial charge in [0.2, 0.25) is 0 Å². The number of nitro groups is 1. The molecule has 1 aromatic heterocycles. The molecule has 1 amide bonds. The van der Waals surface area contributed by atoms with Gasteiger partial charge in [0.05, 0.1) is 45.5 Å². The molecular formula is C33H31ClN4O6S. The molecule has 0 fully saturated rings. The van der Waals surface area contributed by atoms with Gasteiger partial charge in [0.15, 0.2) is 16.3 Å². The lowest BCUT2D eigenvalue weighted by Crippen LogP contribution is -2.43. The molecule has 0 unspecified atom stereocenters. The summed E-state index contributed by atoms with van der Waals surface area (Å²) >= 11 is 7.26. The number of likely N-dealkylation sites (N-methyl/N-ethyl adjacent to an activating group) is 1. The molecule has 5 rings (SSSR count). The van der Waals surface area contributed by atoms with E-state index >= 15 is 0 Å². The molecule has 1 aliphatic rings. The molecule has 0 N–H and O–H groups in total. The van der Waals surface area contributed by atoms with Crippen molar-refractivity contribution in [1.82, 2.24) is 9.47 Å². The molecule has 10 nitrogen and oxygen atoms in total. The standard InChI is InChI=1S/C33H31ClN4O6S/c1-5-36(6-2)32(40)29-20(3)35-33-37(30(29)22-12-14-24(34)15-13-22)31(39)28(45-33)17-23-16-26(43-4)27(18-25(23)38(41)42)44-19-21-10-8-7-9-11-21/h7-18,30H,5-6,19H2,1-4H3/b28-17+/t30-/m0/s1. The van der Waals surface area contributed by atoms with E-state index in [9.17, 15) is 19.7 Å². The average molecular weight is 647 g/mol. The number of allylic oxidation sites excluding steroid dienone is 1. The molecule has 0 saturated carbocycles. The summed E-state index contributed by atoms with van der Waals surface area (Å²) in [5.41, 5.74) is 1.91. The molecule has 12 heteroatoms. The number of benzene rings is 3. The van der Waals surface area contributed by atoms with Crippen LogP contribution in [-0.2, 0) is 11.4 Å². The zero-order valence-electron chi connectivity index (χ0n) is 25.2. The lowest BCUT2D eigenvalue weighted by molar-refractivity contribution is -0.385. The fourth-order valence-electron chi connectivity index (χ4n) is 5.22. The number of thiazole rings is 1. The number of methoxy groups -OCH3 is 1. The predicted molar refractivity (Wildman–Crippen MR) is 174 cm³/mol. The number of halogens is 1. The van der Waals surface area contributed by atoms with Gasteiger partial charge >= 0.3 is 0 Å². The summed E-state index contributed by atoms with van der Waals surface area (Å²) in [6, 6.07) is 18.4. The van der Waals surface area contributed by atoms with Gasteiger partial charge in [-0.05, 0) is 56.2 Å². The van der Waals surface area contributed by atoms with E-state index in [1.54, 1.807) is 36.1 Å². The predicted octanol–water partition coefficient (Wildman–Crippen LogP) is 5.25. The Labute approximate surface area is 268 Å². The highest BCUT2D eigenvalue weighted by atomic mass is 35.5. The fourth-order valence-corrected chi connectivity index (χ4v) is 6.39. The van der Waals surface area contributed by atoms with Crippen LogP contribution in [0.25, 0.3) is 6.08 Å². The Hall–Kier alpha value is -4.74. The van der Waals surface area contributed by atoms with Crippen molar-refractivity contribution < 1.29 is 19.2 Å². The molecule has 0 spiro atoms. The number of rotatable bonds is 10. The molecule has 45 heavy (non-hydrogen) atoms. The summed E-state index contributed by atoms with van der Waals surface area (Å²) in [5.74, 6) is 0.254. The minimum atomic E-state index is -0.771. The summed E-state index contributed by atoms with van der Waals surface area (Å²) in [7, 11) is 1.44. The van der Waals surface area contributed by atoms with E-state index in [1.807, 2.05) is 44.2 Å². The molecule has 2 heterocycles. The van der Waals surface area contributed by atoms with E-state index in [1.165, 1.54) is 29.9 Å². The Morgan fingerprint density at radius 2 is 1.80 bits per heavy atom. The van der Waals surface area contributed by atoms with Crippen molar-refractivity contribution in [3.05, 3.63) is 130 Å². The lowest BCUT2D eigenvalue weighted by Gasteiger charge is -2.29. The summed E-state index contributed by atoms with van der Waals surface area (Å²) in [6.07, 6.45) is 1.45. The van der Waals surface area contributed by atoms with Crippen molar-refractivity contribution in [3.63, 3.8) is 0 Å². The second-order valence-corrected chi connectivity index (χ2v) is 11.6. The first kappa shape index (κ1) is 31.7. The minimum Gasteiger partial charge on any atom is -0.493 e. The zero-order valence-corrected chi connectivity index (χ0v) is 26.7. The Kier molecular flexibility index (Phi) is 9.50. The summed E-state index contributed by atoms with van der Waals surface area (Å²) in [6.45, 7) is 6.69. The normalized spacial score (nSPS) is 14.5. The largest absolute Gasteiger partial charge is 0.493 e. The van der Waals surface area contributed by atoms with Crippen molar-refractivity contribution in [1.29, 1.82) is 0 Å². The van der Waals surface area contributed by atoms with E-state index in [4.69, 9.17) is 21.1 Å². The highest BCUT2D eigenvalue weighted by molar-refractivity contribution is 7.07. The smallest absolute Gasteiger partial charge is 0.280 e. The molecule has 232 valence electrons. The molecule has 1 atom stereocenters. The van der Waals surface area contributed by atoms with E-state index in [-0.39, 0.29) is 39.8 Å². The third-order valence-corrected chi connectivity index (χ3v) is 8.76. The SMILES string of the molecule is CCN(CC)C(=O)C1=C(C)N=c2s/c(=C/c3cc(OC)c(OCc4ccccc4)cc3[N+](=O)[O-])c(=O)n2[C@H]1c1ccc(Cl)cc1. The highest BCUT2D eigenvalue weighted by Gasteiger charge is 2.34. The van der Waals surface area contributed by atoms with Crippen molar-refractivity contribution in [2.45, 2.75) is 33.4 Å². The number of carbonyl (C=O) groups is 1. The van der Waals surface area contributed by atoms with Gasteiger partial charge in [-0.25, -0.2) is 4.99 Å². The summed E-state index contributed by atoms with van der Waals surface area (Å²) in [4.78, 5) is 46.3. The molecular weight excluding hydrogens is 616 g/mol. The van der Waals surface area contributed by atoms with Crippen LogP contribution < -0.4 is 24.4 Å². The van der Waals surface area contributed by atoms with Gasteiger partial charge in [-0.15, -0.1) is 0 Å². The maximum atomic E-state index is 14.1. The molecule has 0 radical (unpaired) electrons. The van der Waals surface area contributed by atoms with E-state index in [0.717, 1.165) is 16.9 Å². The van der Waals surface area contributed by atoms with E-state index < -0.39 is 16.5 Å². The maximum Gasteiger partial charge on any atom is 0.280 e. The maximum absolute atomic E-state index is 14.1. The third kappa shape index (κ3) is 6.40. The molecule has 0 aliphatic carbocycles. The Bertz CT molecular complexity index is 1960. The number of fused-ring (bicyclic) bond motifs is 1. The van der Waals surface area contributed by atoms with Crippen molar-refractivity contribution in [2.24, 2.45) is 4.99 Å². The summed E-state index contributed by atoms with van der Waals surface area (Å²) in [5, 5.41) is 12.7. The van der Waals surface area contributed by atoms with Crippen LogP contribution in [0.15, 0.2) is 87.8 Å². The highest BCUT2D eigenvalue weighted by Crippen LogP contribution is 2.36. The number of amides is 1. The first-order valence-corrected chi connectivity index (χ1v) is 15.5. The Balaban J connectivity index is 1.65. The van der Waals surface area contributed by atoms with Crippen molar-refractivity contribution in [3.8, 4) is 11.5 Å². The summed E-state index contributed by atoms with van der Waals surface area (Å²) < 4.78 is 13.1. The lowest BCUT2D eigenvalue weighted by atomic mass is 9.94. The van der Waals surface area contributed by atoms with E-state index in [0.29, 0.717) is 39.7 Å². The molecule has 1 aliphatic heterocycles. The molecule has 4 aromatic rings. The molecule has 0 bridgehead atoms. The average Bonchev–Trinajstić information content (AvgIpc) is 3.34. The van der Waals surface area contributed by atoms with Crippen LogP contribution in [0.2, 0.25) is 5.02 Å². The monoisotopic (exact) mass is 646 g/mol. The topological polar surface area (TPSA) is 116 Å². The van der Waals surface area contributed by atoms with Crippen LogP contribution in [0.5, 0.6) is 11.5 Å². The number of ether oxygens (including phenoxy) is 2. The first-order chi connectivity index (χ1) is 21.7. The van der Waals surface area contributed by atoms with Gasteiger partial charge in [-0.3, -0.25) is 24.3 Å². The van der Waals surface area contributed by atoms with Gasteiger partial charge in [0, 0.05) is 18.1 Å². The van der Waals surface area contributed by atoms with Gasteiger partial charge in [0.25, 0.3) is 17.2 Å². The van der Waals surface area contributed by atoms with Crippen LogP contribution in [0.1, 0.15) is 43.5 Å². The van der Waals surface area contributed by atoms with Gasteiger partial charge in [-0.1, -0.05) is 65.4 Å². The van der Waals surface area contributed by atoms with Crippen LogP contribution >= 0.6 is 22.9 Å². The third-order valence-electron chi connectivity index (χ3n) is 7.52. The minimum absolute atomic E-state index is 0.160. The first-order valence-electron chi connectivity index (χ1n) is 14.3. The van der Waals surface area contributed by atoms with Crippen LogP contribution in [0, 0.1) is 10.1 Å². The van der Waals surface area contributed by atoms with Crippen molar-refractivity contribution >= 4 is 40.6 Å². The fraction of sp³-hybridized carbons (Fsp3) is 0.242. The van der Waals surface area contributed by atoms with Crippen LogP contribution in [-0.4, -0.2) is 40.5 Å².